The maximum atomic E-state index is 6.03. The highest BCUT2D eigenvalue weighted by Crippen LogP contribution is 2.31. The molecule has 0 aromatic heterocycles. The van der Waals surface area contributed by atoms with Gasteiger partial charge in [0, 0.05) is 25.7 Å². The first-order chi connectivity index (χ1) is 12.7. The van der Waals surface area contributed by atoms with Crippen molar-refractivity contribution in [3.8, 4) is 5.75 Å². The van der Waals surface area contributed by atoms with Crippen LogP contribution in [0, 0.1) is 12.8 Å². The van der Waals surface area contributed by atoms with E-state index < -0.39 is 0 Å². The third-order valence-electron chi connectivity index (χ3n) is 5.21. The quantitative estimate of drug-likeness (QED) is 0.336. The lowest BCUT2D eigenvalue weighted by Crippen LogP contribution is -2.41. The summed E-state index contributed by atoms with van der Waals surface area (Å²) in [5.74, 6) is 2.58. The van der Waals surface area contributed by atoms with Crippen LogP contribution in [-0.2, 0) is 0 Å². The Morgan fingerprint density at radius 1 is 1.26 bits per heavy atom. The van der Waals surface area contributed by atoms with Crippen molar-refractivity contribution in [1.29, 1.82) is 0 Å². The molecule has 1 saturated carbocycles. The number of likely N-dealkylation sites (tertiary alicyclic amines) is 1. The van der Waals surface area contributed by atoms with Crippen LogP contribution in [0.1, 0.15) is 38.7 Å². The number of ether oxygens (including phenoxy) is 1. The Hall–Kier alpha value is -1.02. The first-order valence-electron chi connectivity index (χ1n) is 10.1. The van der Waals surface area contributed by atoms with E-state index in [1.807, 2.05) is 18.2 Å². The number of para-hydroxylation sites is 1. The molecule has 3 rings (SSSR count). The standard InChI is InChI=1S/C21H34N4O.HI/c1-4-22-21(24-14-18-11-12-25(15-18)19-9-10-19)23-13-17(3)26-20-8-6-5-7-16(20)2;/h5-8,17-19H,4,9-15H2,1-3H3,(H2,22,23,24);1H. The number of guanidine groups is 1. The van der Waals surface area contributed by atoms with Gasteiger partial charge in [-0.25, -0.2) is 4.99 Å². The molecule has 6 heteroatoms. The molecule has 1 aromatic carbocycles. The molecule has 0 radical (unpaired) electrons. The Labute approximate surface area is 181 Å². The fraction of sp³-hybridized carbons (Fsp3) is 0.667. The van der Waals surface area contributed by atoms with Gasteiger partial charge < -0.3 is 20.3 Å². The number of nitrogens with one attached hydrogen (secondary N) is 2. The van der Waals surface area contributed by atoms with Gasteiger partial charge in [0.15, 0.2) is 5.96 Å². The summed E-state index contributed by atoms with van der Waals surface area (Å²) < 4.78 is 6.03. The summed E-state index contributed by atoms with van der Waals surface area (Å²) in [6.07, 6.45) is 4.16. The van der Waals surface area contributed by atoms with Crippen molar-refractivity contribution in [2.24, 2.45) is 10.9 Å². The molecule has 1 heterocycles. The minimum Gasteiger partial charge on any atom is -0.489 e. The van der Waals surface area contributed by atoms with Crippen LogP contribution < -0.4 is 15.4 Å². The largest absolute Gasteiger partial charge is 0.489 e. The van der Waals surface area contributed by atoms with Crippen LogP contribution in [-0.4, -0.2) is 55.7 Å². The second-order valence-corrected chi connectivity index (χ2v) is 7.68. The summed E-state index contributed by atoms with van der Waals surface area (Å²) in [6, 6.07) is 9.03. The van der Waals surface area contributed by atoms with Gasteiger partial charge in [-0.15, -0.1) is 24.0 Å². The summed E-state index contributed by atoms with van der Waals surface area (Å²) >= 11 is 0. The molecule has 2 fully saturated rings. The van der Waals surface area contributed by atoms with Gasteiger partial charge in [-0.1, -0.05) is 18.2 Å². The summed E-state index contributed by atoms with van der Waals surface area (Å²) in [5.41, 5.74) is 1.16. The molecule has 2 unspecified atom stereocenters. The predicted molar refractivity (Wildman–Crippen MR) is 123 cm³/mol. The third kappa shape index (κ3) is 7.14. The molecule has 0 amide bonds. The molecule has 5 nitrogen and oxygen atoms in total. The summed E-state index contributed by atoms with van der Waals surface area (Å²) in [7, 11) is 0. The Bertz CT molecular complexity index is 606. The molecule has 2 atom stereocenters. The van der Waals surface area contributed by atoms with Gasteiger partial charge >= 0.3 is 0 Å². The highest BCUT2D eigenvalue weighted by atomic mass is 127. The zero-order valence-electron chi connectivity index (χ0n) is 16.9. The number of aliphatic imine (C=N–C) groups is 1. The summed E-state index contributed by atoms with van der Waals surface area (Å²) in [5, 5.41) is 6.88. The van der Waals surface area contributed by atoms with Crippen molar-refractivity contribution < 1.29 is 4.74 Å². The van der Waals surface area contributed by atoms with Gasteiger partial charge in [-0.05, 0) is 64.1 Å². The molecule has 1 aromatic rings. The minimum atomic E-state index is 0. The first kappa shape index (κ1) is 22.3. The van der Waals surface area contributed by atoms with E-state index in [1.54, 1.807) is 0 Å². The molecular formula is C21H35IN4O. The maximum Gasteiger partial charge on any atom is 0.191 e. The number of hydrogen-bond acceptors (Lipinski definition) is 3. The highest BCUT2D eigenvalue weighted by Gasteiger charge is 2.34. The van der Waals surface area contributed by atoms with Crippen LogP contribution in [0.3, 0.4) is 0 Å². The zero-order valence-corrected chi connectivity index (χ0v) is 19.2. The van der Waals surface area contributed by atoms with Crippen molar-refractivity contribution in [1.82, 2.24) is 15.5 Å². The number of hydrogen-bond donors (Lipinski definition) is 2. The molecule has 0 bridgehead atoms. The van der Waals surface area contributed by atoms with Crippen molar-refractivity contribution in [3.05, 3.63) is 29.8 Å². The van der Waals surface area contributed by atoms with Crippen LogP contribution in [0.2, 0.25) is 0 Å². The van der Waals surface area contributed by atoms with Gasteiger partial charge in [0.25, 0.3) is 0 Å². The van der Waals surface area contributed by atoms with E-state index in [4.69, 9.17) is 9.73 Å². The van der Waals surface area contributed by atoms with E-state index in [1.165, 1.54) is 32.4 Å². The smallest absolute Gasteiger partial charge is 0.191 e. The fourth-order valence-corrected chi connectivity index (χ4v) is 3.55. The molecular weight excluding hydrogens is 451 g/mol. The van der Waals surface area contributed by atoms with Crippen LogP contribution in [0.5, 0.6) is 5.75 Å². The minimum absolute atomic E-state index is 0. The number of halogens is 1. The Kier molecular flexibility index (Phi) is 9.15. The molecule has 152 valence electrons. The van der Waals surface area contributed by atoms with Crippen LogP contribution in [0.4, 0.5) is 0 Å². The van der Waals surface area contributed by atoms with E-state index in [9.17, 15) is 0 Å². The summed E-state index contributed by atoms with van der Waals surface area (Å²) in [4.78, 5) is 7.38. The Morgan fingerprint density at radius 3 is 2.74 bits per heavy atom. The van der Waals surface area contributed by atoms with Gasteiger partial charge in [0.05, 0.1) is 6.54 Å². The topological polar surface area (TPSA) is 48.9 Å². The summed E-state index contributed by atoms with van der Waals surface area (Å²) in [6.45, 7) is 11.3. The lowest BCUT2D eigenvalue weighted by atomic mass is 10.1. The molecule has 1 aliphatic carbocycles. The molecule has 1 aliphatic heterocycles. The Morgan fingerprint density at radius 2 is 2.04 bits per heavy atom. The van der Waals surface area contributed by atoms with Gasteiger partial charge in [0.1, 0.15) is 11.9 Å². The molecule has 27 heavy (non-hydrogen) atoms. The third-order valence-corrected chi connectivity index (χ3v) is 5.21. The lowest BCUT2D eigenvalue weighted by Gasteiger charge is -2.18. The monoisotopic (exact) mass is 486 g/mol. The van der Waals surface area contributed by atoms with Crippen LogP contribution in [0.25, 0.3) is 0 Å². The van der Waals surface area contributed by atoms with Gasteiger partial charge in [0.2, 0.25) is 0 Å². The second-order valence-electron chi connectivity index (χ2n) is 7.68. The molecule has 0 spiro atoms. The molecule has 1 saturated heterocycles. The van der Waals surface area contributed by atoms with E-state index in [0.717, 1.165) is 42.3 Å². The van der Waals surface area contributed by atoms with Crippen molar-refractivity contribution in [2.75, 3.05) is 32.7 Å². The van der Waals surface area contributed by atoms with E-state index >= 15 is 0 Å². The first-order valence-corrected chi connectivity index (χ1v) is 10.1. The number of benzene rings is 1. The fourth-order valence-electron chi connectivity index (χ4n) is 3.55. The van der Waals surface area contributed by atoms with Crippen molar-refractivity contribution in [3.63, 3.8) is 0 Å². The average Bonchev–Trinajstić information content (AvgIpc) is 3.38. The Balaban J connectivity index is 0.00000261. The normalized spacial score (nSPS) is 21.4. The number of aryl methyl sites for hydroxylation is 1. The van der Waals surface area contributed by atoms with Crippen molar-refractivity contribution in [2.45, 2.75) is 52.2 Å². The SMILES string of the molecule is CCNC(=NCC(C)Oc1ccccc1C)NCC1CCN(C2CC2)C1.I. The highest BCUT2D eigenvalue weighted by molar-refractivity contribution is 14.0. The van der Waals surface area contributed by atoms with Crippen molar-refractivity contribution >= 4 is 29.9 Å². The van der Waals surface area contributed by atoms with Crippen LogP contribution >= 0.6 is 24.0 Å². The number of nitrogens with zero attached hydrogens (tertiary/aromatic N) is 2. The number of rotatable bonds is 8. The van der Waals surface area contributed by atoms with Crippen LogP contribution in [0.15, 0.2) is 29.3 Å². The van der Waals surface area contributed by atoms with Gasteiger partial charge in [-0.3, -0.25) is 0 Å². The zero-order chi connectivity index (χ0) is 18.4. The van der Waals surface area contributed by atoms with E-state index in [2.05, 4.69) is 42.4 Å². The van der Waals surface area contributed by atoms with E-state index in [-0.39, 0.29) is 30.1 Å². The van der Waals surface area contributed by atoms with Gasteiger partial charge in [-0.2, -0.15) is 0 Å². The average molecular weight is 486 g/mol. The molecule has 2 N–H and O–H groups in total. The lowest BCUT2D eigenvalue weighted by molar-refractivity contribution is 0.228. The molecule has 2 aliphatic rings. The second kappa shape index (κ2) is 11.1. The predicted octanol–water partition coefficient (Wildman–Crippen LogP) is 3.42. The maximum absolute atomic E-state index is 6.03. The van der Waals surface area contributed by atoms with E-state index in [0.29, 0.717) is 6.54 Å².